The SMILES string of the molecule is O=C(NCCC(c1ccccc1)c1ccccc1)c1csc(CSc2nnc(-c3ccco3)n2-c2ccccc2)n1. The van der Waals surface area contributed by atoms with Crippen molar-refractivity contribution in [2.75, 3.05) is 6.54 Å². The number of thioether (sulfide) groups is 1. The molecule has 3 aromatic carbocycles. The van der Waals surface area contributed by atoms with E-state index in [2.05, 4.69) is 69.0 Å². The summed E-state index contributed by atoms with van der Waals surface area (Å²) in [7, 11) is 0. The van der Waals surface area contributed by atoms with Crippen LogP contribution in [0.2, 0.25) is 0 Å². The zero-order valence-corrected chi connectivity index (χ0v) is 23.7. The number of rotatable bonds is 11. The van der Waals surface area contributed by atoms with Crippen LogP contribution in [-0.2, 0) is 5.75 Å². The summed E-state index contributed by atoms with van der Waals surface area (Å²) < 4.78 is 7.57. The van der Waals surface area contributed by atoms with Crippen LogP contribution in [0.1, 0.15) is 39.0 Å². The minimum atomic E-state index is -0.162. The number of carbonyl (C=O) groups is 1. The first-order chi connectivity index (χ1) is 20.3. The van der Waals surface area contributed by atoms with Crippen LogP contribution in [-0.4, -0.2) is 32.2 Å². The van der Waals surface area contributed by atoms with Crippen molar-refractivity contribution in [1.29, 1.82) is 0 Å². The van der Waals surface area contributed by atoms with Gasteiger partial charge in [-0.05, 0) is 41.8 Å². The molecule has 0 spiro atoms. The van der Waals surface area contributed by atoms with Crippen LogP contribution in [0.4, 0.5) is 0 Å². The zero-order valence-electron chi connectivity index (χ0n) is 22.1. The Morgan fingerprint density at radius 3 is 2.22 bits per heavy atom. The lowest BCUT2D eigenvalue weighted by molar-refractivity contribution is 0.0948. The fourth-order valence-electron chi connectivity index (χ4n) is 4.66. The Labute approximate surface area is 246 Å². The molecule has 0 fully saturated rings. The normalized spacial score (nSPS) is 11.1. The highest BCUT2D eigenvalue weighted by Gasteiger charge is 2.19. The van der Waals surface area contributed by atoms with E-state index in [9.17, 15) is 4.79 Å². The molecule has 6 rings (SSSR count). The number of nitrogens with zero attached hydrogens (tertiary/aromatic N) is 4. The Bertz CT molecular complexity index is 1640. The first-order valence-corrected chi connectivity index (χ1v) is 15.1. The quantitative estimate of drug-likeness (QED) is 0.164. The van der Waals surface area contributed by atoms with E-state index in [1.165, 1.54) is 34.2 Å². The summed E-state index contributed by atoms with van der Waals surface area (Å²) in [5.74, 6) is 1.87. The summed E-state index contributed by atoms with van der Waals surface area (Å²) in [6.07, 6.45) is 2.41. The number of benzene rings is 3. The zero-order chi connectivity index (χ0) is 27.9. The van der Waals surface area contributed by atoms with E-state index in [1.807, 2.05) is 64.5 Å². The summed E-state index contributed by atoms with van der Waals surface area (Å²) in [6.45, 7) is 0.546. The second-order valence-corrected chi connectivity index (χ2v) is 11.2. The molecule has 0 atom stereocenters. The number of amides is 1. The minimum Gasteiger partial charge on any atom is -0.461 e. The van der Waals surface area contributed by atoms with Gasteiger partial charge in [-0.3, -0.25) is 9.36 Å². The van der Waals surface area contributed by atoms with E-state index >= 15 is 0 Å². The van der Waals surface area contributed by atoms with E-state index < -0.39 is 0 Å². The second-order valence-electron chi connectivity index (χ2n) is 9.29. The smallest absolute Gasteiger partial charge is 0.270 e. The molecule has 1 N–H and O–H groups in total. The molecule has 9 heteroatoms. The molecule has 7 nitrogen and oxygen atoms in total. The molecule has 0 aliphatic carbocycles. The first-order valence-electron chi connectivity index (χ1n) is 13.3. The van der Waals surface area contributed by atoms with Gasteiger partial charge in [-0.15, -0.1) is 21.5 Å². The number of aromatic nitrogens is 4. The number of furan rings is 1. The van der Waals surface area contributed by atoms with Crippen molar-refractivity contribution >= 4 is 29.0 Å². The van der Waals surface area contributed by atoms with Crippen LogP contribution in [0.15, 0.2) is 124 Å². The highest BCUT2D eigenvalue weighted by atomic mass is 32.2. The molecule has 0 aliphatic heterocycles. The summed E-state index contributed by atoms with van der Waals surface area (Å²) >= 11 is 2.99. The maximum absolute atomic E-state index is 12.9. The molecule has 0 radical (unpaired) electrons. The lowest BCUT2D eigenvalue weighted by Gasteiger charge is -2.18. The highest BCUT2D eigenvalue weighted by Crippen LogP contribution is 2.31. The van der Waals surface area contributed by atoms with Gasteiger partial charge in [0, 0.05) is 23.5 Å². The Hall–Kier alpha value is -4.47. The molecule has 41 heavy (non-hydrogen) atoms. The van der Waals surface area contributed by atoms with Gasteiger partial charge < -0.3 is 9.73 Å². The third-order valence-electron chi connectivity index (χ3n) is 6.62. The maximum Gasteiger partial charge on any atom is 0.270 e. The van der Waals surface area contributed by atoms with Crippen molar-refractivity contribution in [3.8, 4) is 17.3 Å². The Kier molecular flexibility index (Phi) is 8.35. The van der Waals surface area contributed by atoms with E-state index in [-0.39, 0.29) is 11.8 Å². The van der Waals surface area contributed by atoms with Crippen LogP contribution in [0.25, 0.3) is 17.3 Å². The topological polar surface area (TPSA) is 85.8 Å². The predicted molar refractivity (Wildman–Crippen MR) is 162 cm³/mol. The number of thiazole rings is 1. The molecule has 204 valence electrons. The van der Waals surface area contributed by atoms with Gasteiger partial charge in [0.25, 0.3) is 5.91 Å². The summed E-state index contributed by atoms with van der Waals surface area (Å²) in [5, 5.41) is 15.3. The van der Waals surface area contributed by atoms with Crippen LogP contribution in [0.5, 0.6) is 0 Å². The summed E-state index contributed by atoms with van der Waals surface area (Å²) in [5.41, 5.74) is 3.84. The molecular formula is C32H27N5O2S2. The number of nitrogens with one attached hydrogen (secondary N) is 1. The van der Waals surface area contributed by atoms with Crippen LogP contribution in [0, 0.1) is 0 Å². The van der Waals surface area contributed by atoms with Gasteiger partial charge in [0.15, 0.2) is 10.9 Å². The molecule has 0 aliphatic rings. The van der Waals surface area contributed by atoms with Gasteiger partial charge >= 0.3 is 0 Å². The molecule has 3 heterocycles. The number of carbonyl (C=O) groups excluding carboxylic acids is 1. The van der Waals surface area contributed by atoms with E-state index in [0.29, 0.717) is 29.6 Å². The van der Waals surface area contributed by atoms with Gasteiger partial charge in [-0.25, -0.2) is 4.98 Å². The fourth-order valence-corrected chi connectivity index (χ4v) is 6.41. The van der Waals surface area contributed by atoms with Crippen molar-refractivity contribution in [3.63, 3.8) is 0 Å². The third-order valence-corrected chi connectivity index (χ3v) is 8.59. The van der Waals surface area contributed by atoms with E-state index in [0.717, 1.165) is 22.3 Å². The standard InChI is InChI=1S/C32H27N5O2S2/c38-31(33-19-18-26(23-11-4-1-5-12-23)24-13-6-2-7-14-24)27-21-40-29(34-27)22-41-32-36-35-30(28-17-10-20-39-28)37(32)25-15-8-3-9-16-25/h1-17,20-21,26H,18-19,22H2,(H,33,38). The van der Waals surface area contributed by atoms with Crippen molar-refractivity contribution in [1.82, 2.24) is 25.1 Å². The van der Waals surface area contributed by atoms with Gasteiger partial charge in [-0.2, -0.15) is 0 Å². The average Bonchev–Trinajstić information content (AvgIpc) is 3.81. The van der Waals surface area contributed by atoms with Gasteiger partial charge in [0.1, 0.15) is 10.7 Å². The molecule has 0 saturated carbocycles. The largest absolute Gasteiger partial charge is 0.461 e. The Morgan fingerprint density at radius 2 is 1.56 bits per heavy atom. The maximum atomic E-state index is 12.9. The third kappa shape index (κ3) is 6.32. The predicted octanol–water partition coefficient (Wildman–Crippen LogP) is 7.23. The van der Waals surface area contributed by atoms with E-state index in [4.69, 9.17) is 4.42 Å². The number of para-hydroxylation sites is 1. The fraction of sp³-hybridized carbons (Fsp3) is 0.125. The molecule has 0 unspecified atom stereocenters. The minimum absolute atomic E-state index is 0.162. The second kappa shape index (κ2) is 12.8. The molecule has 3 aromatic heterocycles. The number of hydrogen-bond acceptors (Lipinski definition) is 7. The van der Waals surface area contributed by atoms with Crippen molar-refractivity contribution in [2.45, 2.75) is 23.2 Å². The molecule has 0 saturated heterocycles. The average molecular weight is 578 g/mol. The lowest BCUT2D eigenvalue weighted by Crippen LogP contribution is -2.26. The summed E-state index contributed by atoms with van der Waals surface area (Å²) in [6, 6.07) is 34.5. The van der Waals surface area contributed by atoms with Crippen molar-refractivity contribution < 1.29 is 9.21 Å². The molecular weight excluding hydrogens is 551 g/mol. The molecule has 6 aromatic rings. The summed E-state index contributed by atoms with van der Waals surface area (Å²) in [4.78, 5) is 17.6. The van der Waals surface area contributed by atoms with Crippen LogP contribution < -0.4 is 5.32 Å². The van der Waals surface area contributed by atoms with Gasteiger partial charge in [0.2, 0.25) is 5.82 Å². The van der Waals surface area contributed by atoms with Crippen LogP contribution in [0.3, 0.4) is 0 Å². The first kappa shape index (κ1) is 26.7. The Balaban J connectivity index is 1.10. The monoisotopic (exact) mass is 577 g/mol. The van der Waals surface area contributed by atoms with Gasteiger partial charge in [-0.1, -0.05) is 90.6 Å². The highest BCUT2D eigenvalue weighted by molar-refractivity contribution is 7.98. The van der Waals surface area contributed by atoms with Gasteiger partial charge in [0.05, 0.1) is 12.0 Å². The molecule has 0 bridgehead atoms. The number of hydrogen-bond donors (Lipinski definition) is 1. The molecule has 1 amide bonds. The lowest BCUT2D eigenvalue weighted by atomic mass is 9.88. The van der Waals surface area contributed by atoms with Crippen LogP contribution >= 0.6 is 23.1 Å². The van der Waals surface area contributed by atoms with Crippen molar-refractivity contribution in [3.05, 3.63) is 137 Å². The van der Waals surface area contributed by atoms with E-state index in [1.54, 1.807) is 6.26 Å². The Morgan fingerprint density at radius 1 is 0.878 bits per heavy atom. The van der Waals surface area contributed by atoms with Crippen molar-refractivity contribution in [2.24, 2.45) is 0 Å².